The SMILES string of the molecule is CCCc1nc(-c2ccc(-c3ccc(C)cc3)cc2)c(CCC)nc1C. The third-order valence-electron chi connectivity index (χ3n) is 4.76. The van der Waals surface area contributed by atoms with Gasteiger partial charge in [-0.2, -0.15) is 0 Å². The maximum atomic E-state index is 5.00. The third-order valence-corrected chi connectivity index (χ3v) is 4.76. The highest BCUT2D eigenvalue weighted by molar-refractivity contribution is 5.70. The summed E-state index contributed by atoms with van der Waals surface area (Å²) in [6.45, 7) is 8.59. The number of hydrogen-bond acceptors (Lipinski definition) is 2. The Morgan fingerprint density at radius 1 is 0.615 bits per heavy atom. The minimum Gasteiger partial charge on any atom is -0.254 e. The monoisotopic (exact) mass is 344 g/mol. The number of hydrogen-bond donors (Lipinski definition) is 0. The summed E-state index contributed by atoms with van der Waals surface area (Å²) in [4.78, 5) is 9.89. The molecule has 0 radical (unpaired) electrons. The molecule has 1 aromatic heterocycles. The zero-order valence-electron chi connectivity index (χ0n) is 16.3. The molecule has 0 amide bonds. The Labute approximate surface area is 157 Å². The smallest absolute Gasteiger partial charge is 0.0920 e. The molecule has 2 nitrogen and oxygen atoms in total. The number of benzene rings is 2. The molecular formula is C24H28N2. The van der Waals surface area contributed by atoms with Gasteiger partial charge in [0.25, 0.3) is 0 Å². The molecule has 0 aliphatic carbocycles. The maximum absolute atomic E-state index is 5.00. The lowest BCUT2D eigenvalue weighted by atomic mass is 10.00. The van der Waals surface area contributed by atoms with E-state index in [4.69, 9.17) is 9.97 Å². The molecule has 0 fully saturated rings. The number of rotatable bonds is 6. The van der Waals surface area contributed by atoms with Gasteiger partial charge < -0.3 is 0 Å². The molecule has 1 heterocycles. The first-order valence-corrected chi connectivity index (χ1v) is 9.66. The van der Waals surface area contributed by atoms with Crippen molar-refractivity contribution in [1.29, 1.82) is 0 Å². The van der Waals surface area contributed by atoms with E-state index >= 15 is 0 Å². The molecule has 0 saturated carbocycles. The summed E-state index contributed by atoms with van der Waals surface area (Å²) in [5.74, 6) is 0. The lowest BCUT2D eigenvalue weighted by Gasteiger charge is -2.13. The van der Waals surface area contributed by atoms with Crippen molar-refractivity contribution < 1.29 is 0 Å². The predicted molar refractivity (Wildman–Crippen MR) is 110 cm³/mol. The van der Waals surface area contributed by atoms with Gasteiger partial charge in [-0.15, -0.1) is 0 Å². The van der Waals surface area contributed by atoms with Crippen molar-refractivity contribution in [3.8, 4) is 22.4 Å². The van der Waals surface area contributed by atoms with Crippen LogP contribution in [0.4, 0.5) is 0 Å². The Bertz CT molecular complexity index is 862. The van der Waals surface area contributed by atoms with Crippen LogP contribution in [-0.2, 0) is 12.8 Å². The van der Waals surface area contributed by atoms with Crippen LogP contribution in [0.2, 0.25) is 0 Å². The van der Waals surface area contributed by atoms with Gasteiger partial charge in [-0.25, -0.2) is 4.98 Å². The van der Waals surface area contributed by atoms with Crippen LogP contribution in [0.15, 0.2) is 48.5 Å². The first-order chi connectivity index (χ1) is 12.6. The summed E-state index contributed by atoms with van der Waals surface area (Å²) in [6.07, 6.45) is 4.12. The number of nitrogens with zero attached hydrogens (tertiary/aromatic N) is 2. The van der Waals surface area contributed by atoms with Crippen molar-refractivity contribution in [2.24, 2.45) is 0 Å². The average molecular weight is 345 g/mol. The van der Waals surface area contributed by atoms with E-state index in [9.17, 15) is 0 Å². The largest absolute Gasteiger partial charge is 0.254 e. The van der Waals surface area contributed by atoms with E-state index < -0.39 is 0 Å². The van der Waals surface area contributed by atoms with E-state index in [1.54, 1.807) is 0 Å². The van der Waals surface area contributed by atoms with Crippen molar-refractivity contribution in [3.05, 3.63) is 71.2 Å². The Morgan fingerprint density at radius 2 is 1.12 bits per heavy atom. The topological polar surface area (TPSA) is 25.8 Å². The highest BCUT2D eigenvalue weighted by Gasteiger charge is 2.12. The van der Waals surface area contributed by atoms with Crippen molar-refractivity contribution in [2.75, 3.05) is 0 Å². The van der Waals surface area contributed by atoms with Crippen LogP contribution in [-0.4, -0.2) is 9.97 Å². The molecule has 3 aromatic rings. The van der Waals surface area contributed by atoms with Crippen molar-refractivity contribution in [2.45, 2.75) is 53.4 Å². The highest BCUT2D eigenvalue weighted by atomic mass is 14.8. The molecule has 0 spiro atoms. The van der Waals surface area contributed by atoms with E-state index in [1.807, 2.05) is 0 Å². The van der Waals surface area contributed by atoms with Gasteiger partial charge in [-0.3, -0.25) is 4.98 Å². The van der Waals surface area contributed by atoms with Crippen LogP contribution in [0, 0.1) is 13.8 Å². The molecule has 0 N–H and O–H groups in total. The molecule has 2 aromatic carbocycles. The highest BCUT2D eigenvalue weighted by Crippen LogP contribution is 2.27. The van der Waals surface area contributed by atoms with Crippen molar-refractivity contribution >= 4 is 0 Å². The zero-order valence-corrected chi connectivity index (χ0v) is 16.3. The van der Waals surface area contributed by atoms with Crippen LogP contribution in [0.5, 0.6) is 0 Å². The normalized spacial score (nSPS) is 10.9. The molecule has 0 atom stereocenters. The van der Waals surface area contributed by atoms with E-state index in [1.165, 1.54) is 16.7 Å². The lowest BCUT2D eigenvalue weighted by Crippen LogP contribution is -2.05. The molecule has 0 unspecified atom stereocenters. The summed E-state index contributed by atoms with van der Waals surface area (Å²) >= 11 is 0. The molecule has 0 bridgehead atoms. The van der Waals surface area contributed by atoms with Gasteiger partial charge in [0.05, 0.1) is 22.8 Å². The van der Waals surface area contributed by atoms with Crippen LogP contribution < -0.4 is 0 Å². The molecule has 0 saturated heterocycles. The minimum atomic E-state index is 0.968. The molecule has 2 heteroatoms. The van der Waals surface area contributed by atoms with Gasteiger partial charge >= 0.3 is 0 Å². The van der Waals surface area contributed by atoms with E-state index in [0.717, 1.165) is 54.0 Å². The standard InChI is InChI=1S/C24H28N2/c1-5-7-22-18(4)25-23(8-6-2)24(26-22)21-15-13-20(14-16-21)19-11-9-17(3)10-12-19/h9-16H,5-8H2,1-4H3. The fourth-order valence-electron chi connectivity index (χ4n) is 3.28. The molecule has 134 valence electrons. The van der Waals surface area contributed by atoms with Gasteiger partial charge in [0, 0.05) is 5.56 Å². The predicted octanol–water partition coefficient (Wildman–Crippen LogP) is 6.33. The first-order valence-electron chi connectivity index (χ1n) is 9.66. The quantitative estimate of drug-likeness (QED) is 0.522. The van der Waals surface area contributed by atoms with E-state index in [2.05, 4.69) is 76.2 Å². The van der Waals surface area contributed by atoms with Gasteiger partial charge in [-0.05, 0) is 37.8 Å². The van der Waals surface area contributed by atoms with Crippen molar-refractivity contribution in [1.82, 2.24) is 9.97 Å². The maximum Gasteiger partial charge on any atom is 0.0920 e. The summed E-state index contributed by atoms with van der Waals surface area (Å²) in [6, 6.07) is 17.4. The molecule has 3 rings (SSSR count). The Balaban J connectivity index is 1.99. The van der Waals surface area contributed by atoms with Crippen LogP contribution in [0.25, 0.3) is 22.4 Å². The van der Waals surface area contributed by atoms with Gasteiger partial charge in [-0.1, -0.05) is 80.8 Å². The second-order valence-electron chi connectivity index (χ2n) is 6.99. The Hall–Kier alpha value is -2.48. The second kappa shape index (κ2) is 8.27. The Morgan fingerprint density at radius 3 is 1.69 bits per heavy atom. The zero-order chi connectivity index (χ0) is 18.5. The summed E-state index contributed by atoms with van der Waals surface area (Å²) < 4.78 is 0. The minimum absolute atomic E-state index is 0.968. The fourth-order valence-corrected chi connectivity index (χ4v) is 3.28. The first kappa shape index (κ1) is 18.3. The molecule has 0 aliphatic rings. The Kier molecular flexibility index (Phi) is 5.82. The van der Waals surface area contributed by atoms with Gasteiger partial charge in [0.1, 0.15) is 0 Å². The number of aromatic nitrogens is 2. The molecular weight excluding hydrogens is 316 g/mol. The average Bonchev–Trinajstić information content (AvgIpc) is 2.65. The van der Waals surface area contributed by atoms with Crippen LogP contribution in [0.1, 0.15) is 49.3 Å². The van der Waals surface area contributed by atoms with E-state index in [0.29, 0.717) is 0 Å². The fraction of sp³-hybridized carbons (Fsp3) is 0.333. The van der Waals surface area contributed by atoms with E-state index in [-0.39, 0.29) is 0 Å². The van der Waals surface area contributed by atoms with Gasteiger partial charge in [0.2, 0.25) is 0 Å². The molecule has 26 heavy (non-hydrogen) atoms. The van der Waals surface area contributed by atoms with Crippen molar-refractivity contribution in [3.63, 3.8) is 0 Å². The summed E-state index contributed by atoms with van der Waals surface area (Å²) in [7, 11) is 0. The molecule has 0 aliphatic heterocycles. The van der Waals surface area contributed by atoms with Gasteiger partial charge in [0.15, 0.2) is 0 Å². The summed E-state index contributed by atoms with van der Waals surface area (Å²) in [5.41, 5.74) is 9.31. The van der Waals surface area contributed by atoms with Crippen LogP contribution >= 0.6 is 0 Å². The lowest BCUT2D eigenvalue weighted by molar-refractivity contribution is 0.815. The summed E-state index contributed by atoms with van der Waals surface area (Å²) in [5, 5.41) is 0. The van der Waals surface area contributed by atoms with Crippen LogP contribution in [0.3, 0.4) is 0 Å². The third kappa shape index (κ3) is 4.01. The number of aryl methyl sites for hydroxylation is 4. The second-order valence-corrected chi connectivity index (χ2v) is 6.99.